The second kappa shape index (κ2) is 12.5. The highest BCUT2D eigenvalue weighted by molar-refractivity contribution is 5.91. The Bertz CT molecular complexity index is 786. The number of carbonyl (C=O) groups is 3. The van der Waals surface area contributed by atoms with Crippen LogP contribution in [0.2, 0.25) is 0 Å². The van der Waals surface area contributed by atoms with Gasteiger partial charge in [0.25, 0.3) is 0 Å². The molecule has 10 atom stereocenters. The molecule has 2 aliphatic rings. The average molecular weight is 508 g/mol. The molecule has 2 heterocycles. The Morgan fingerprint density at radius 1 is 1.11 bits per heavy atom. The molecule has 0 aliphatic carbocycles. The molecule has 200 valence electrons. The third-order valence-corrected chi connectivity index (χ3v) is 5.74. The van der Waals surface area contributed by atoms with Crippen LogP contribution in [0.25, 0.3) is 0 Å². The van der Waals surface area contributed by atoms with E-state index in [1.54, 1.807) is 0 Å². The van der Waals surface area contributed by atoms with E-state index in [9.17, 15) is 45.0 Å². The van der Waals surface area contributed by atoms with E-state index in [0.717, 1.165) is 4.90 Å². The van der Waals surface area contributed by atoms with Crippen LogP contribution in [-0.2, 0) is 19.1 Å². The fraction of sp³-hybridized carbons (Fsp3) is 0.778. The molecule has 0 radical (unpaired) electrons. The van der Waals surface area contributed by atoms with Gasteiger partial charge in [-0.25, -0.2) is 0 Å². The maximum Gasteiger partial charge on any atom is 0.246 e. The molecule has 2 amide bonds. The van der Waals surface area contributed by atoms with E-state index in [-0.39, 0.29) is 18.8 Å². The Hall–Kier alpha value is -2.48. The summed E-state index contributed by atoms with van der Waals surface area (Å²) in [5.41, 5.74) is 11.3. The van der Waals surface area contributed by atoms with E-state index < -0.39 is 92.6 Å². The zero-order valence-corrected chi connectivity index (χ0v) is 18.5. The number of hydrogen-bond donors (Lipinski definition) is 11. The third-order valence-electron chi connectivity index (χ3n) is 5.74. The Morgan fingerprint density at radius 3 is 2.31 bits per heavy atom. The van der Waals surface area contributed by atoms with Crippen molar-refractivity contribution in [2.75, 3.05) is 26.4 Å². The summed E-state index contributed by atoms with van der Waals surface area (Å²) in [6.07, 6.45) is -9.76. The van der Waals surface area contributed by atoms with E-state index in [1.807, 2.05) is 0 Å². The minimum absolute atomic E-state index is 0.222. The number of amides is 2. The van der Waals surface area contributed by atoms with Crippen molar-refractivity contribution in [3.63, 3.8) is 0 Å². The van der Waals surface area contributed by atoms with Gasteiger partial charge in [-0.1, -0.05) is 0 Å². The lowest BCUT2D eigenvalue weighted by atomic mass is 9.95. The molecule has 1 fully saturated rings. The summed E-state index contributed by atoms with van der Waals surface area (Å²) in [7, 11) is 0. The van der Waals surface area contributed by atoms with Gasteiger partial charge in [0.1, 0.15) is 54.9 Å². The van der Waals surface area contributed by atoms with Gasteiger partial charge in [0.2, 0.25) is 11.8 Å². The van der Waals surface area contributed by atoms with Crippen molar-refractivity contribution in [1.82, 2.24) is 15.5 Å². The van der Waals surface area contributed by atoms with Crippen molar-refractivity contribution in [2.24, 2.45) is 16.5 Å². The first-order chi connectivity index (χ1) is 16.5. The van der Waals surface area contributed by atoms with Crippen LogP contribution in [-0.4, -0.2) is 152 Å². The van der Waals surface area contributed by atoms with Gasteiger partial charge in [0.15, 0.2) is 12.2 Å². The molecule has 2 rings (SSSR count). The van der Waals surface area contributed by atoms with Gasteiger partial charge in [0.05, 0.1) is 32.4 Å². The highest BCUT2D eigenvalue weighted by atomic mass is 16.6. The Morgan fingerprint density at radius 2 is 1.77 bits per heavy atom. The predicted molar refractivity (Wildman–Crippen MR) is 114 cm³/mol. The lowest BCUT2D eigenvalue weighted by Crippen LogP contribution is -2.69. The number of aldehydes is 1. The summed E-state index contributed by atoms with van der Waals surface area (Å²) in [6, 6.07) is -5.94. The topological polar surface area (TPSA) is 294 Å². The third kappa shape index (κ3) is 6.21. The van der Waals surface area contributed by atoms with Crippen LogP contribution in [0, 0.1) is 0 Å². The monoisotopic (exact) mass is 508 g/mol. The smallest absolute Gasteiger partial charge is 0.246 e. The van der Waals surface area contributed by atoms with Crippen LogP contribution < -0.4 is 22.1 Å². The minimum atomic E-state index is -1.87. The molecule has 13 N–H and O–H groups in total. The van der Waals surface area contributed by atoms with Crippen LogP contribution in [0.3, 0.4) is 0 Å². The van der Waals surface area contributed by atoms with Crippen LogP contribution in [0.1, 0.15) is 0 Å². The highest BCUT2D eigenvalue weighted by Gasteiger charge is 2.51. The van der Waals surface area contributed by atoms with E-state index in [4.69, 9.17) is 21.3 Å². The molecule has 35 heavy (non-hydrogen) atoms. The first-order valence-corrected chi connectivity index (χ1v) is 10.6. The number of aliphatic hydroxyl groups is 7. The van der Waals surface area contributed by atoms with Crippen molar-refractivity contribution >= 4 is 24.1 Å². The minimum Gasteiger partial charge on any atom is -0.394 e. The molecule has 17 heteroatoms. The zero-order valence-electron chi connectivity index (χ0n) is 18.5. The van der Waals surface area contributed by atoms with Crippen molar-refractivity contribution < 1.29 is 54.9 Å². The molecule has 0 saturated carbocycles. The van der Waals surface area contributed by atoms with Gasteiger partial charge >= 0.3 is 0 Å². The second-order valence-corrected chi connectivity index (χ2v) is 8.09. The first kappa shape index (κ1) is 28.8. The SMILES string of the molecule is NC1=NCC(C(O)[C@@H](NC(=O)[C@@H](N)CO)C(=O)N[C@H](C=O)CO)N1C1O[C@H](CO)[C@@H](O)[C@H](O)[C@@H]1O. The Balaban J connectivity index is 2.35. The van der Waals surface area contributed by atoms with Crippen LogP contribution >= 0.6 is 0 Å². The van der Waals surface area contributed by atoms with Crippen LogP contribution in [0.4, 0.5) is 0 Å². The summed E-state index contributed by atoms with van der Waals surface area (Å²) < 4.78 is 5.47. The molecule has 0 spiro atoms. The summed E-state index contributed by atoms with van der Waals surface area (Å²) in [6.45, 7) is -2.60. The number of guanidine groups is 1. The number of aliphatic imine (C=N–C) groups is 1. The molecule has 0 aromatic carbocycles. The number of hydrogen-bond acceptors (Lipinski definition) is 15. The van der Waals surface area contributed by atoms with Gasteiger partial charge < -0.3 is 72.3 Å². The first-order valence-electron chi connectivity index (χ1n) is 10.6. The molecule has 0 bridgehead atoms. The lowest BCUT2D eigenvalue weighted by Gasteiger charge is -2.46. The maximum absolute atomic E-state index is 12.8. The van der Waals surface area contributed by atoms with E-state index >= 15 is 0 Å². The summed E-state index contributed by atoms with van der Waals surface area (Å²) in [4.78, 5) is 41.1. The number of ether oxygens (including phenoxy) is 1. The van der Waals surface area contributed by atoms with Crippen molar-refractivity contribution in [2.45, 2.75) is 60.9 Å². The number of nitrogens with one attached hydrogen (secondary N) is 2. The van der Waals surface area contributed by atoms with Gasteiger partial charge in [-0.15, -0.1) is 0 Å². The predicted octanol–water partition coefficient (Wildman–Crippen LogP) is -8.37. The Labute approximate surface area is 199 Å². The van der Waals surface area contributed by atoms with Crippen molar-refractivity contribution in [1.29, 1.82) is 0 Å². The average Bonchev–Trinajstić information content (AvgIpc) is 3.24. The summed E-state index contributed by atoms with van der Waals surface area (Å²) in [5, 5.41) is 73.7. The number of rotatable bonds is 11. The quantitative estimate of drug-likeness (QED) is 0.116. The van der Waals surface area contributed by atoms with Gasteiger partial charge in [-0.2, -0.15) is 0 Å². The lowest BCUT2D eigenvalue weighted by molar-refractivity contribution is -0.260. The van der Waals surface area contributed by atoms with E-state index in [2.05, 4.69) is 15.6 Å². The molecule has 0 aromatic rings. The number of aliphatic hydroxyl groups excluding tert-OH is 7. The van der Waals surface area contributed by atoms with Gasteiger partial charge in [0, 0.05) is 0 Å². The second-order valence-electron chi connectivity index (χ2n) is 8.09. The number of nitrogens with two attached hydrogens (primary N) is 2. The normalized spacial score (nSPS) is 32.2. The zero-order chi connectivity index (χ0) is 26.4. The molecule has 0 aromatic heterocycles. The van der Waals surface area contributed by atoms with Crippen LogP contribution in [0.5, 0.6) is 0 Å². The molecule has 2 aliphatic heterocycles. The molecule has 17 nitrogen and oxygen atoms in total. The van der Waals surface area contributed by atoms with Gasteiger partial charge in [-0.3, -0.25) is 14.6 Å². The van der Waals surface area contributed by atoms with E-state index in [0.29, 0.717) is 0 Å². The number of carbonyl (C=O) groups excluding carboxylic acids is 3. The van der Waals surface area contributed by atoms with Crippen molar-refractivity contribution in [3.05, 3.63) is 0 Å². The summed E-state index contributed by atoms with van der Waals surface area (Å²) >= 11 is 0. The van der Waals surface area contributed by atoms with Crippen molar-refractivity contribution in [3.8, 4) is 0 Å². The highest BCUT2D eigenvalue weighted by Crippen LogP contribution is 2.28. The van der Waals surface area contributed by atoms with Crippen LogP contribution in [0.15, 0.2) is 4.99 Å². The number of nitrogens with zero attached hydrogens (tertiary/aromatic N) is 2. The van der Waals surface area contributed by atoms with E-state index in [1.165, 1.54) is 0 Å². The van der Waals surface area contributed by atoms with Gasteiger partial charge in [-0.05, 0) is 0 Å². The summed E-state index contributed by atoms with van der Waals surface area (Å²) in [5.74, 6) is -2.44. The fourth-order valence-corrected chi connectivity index (χ4v) is 3.70. The molecule has 1 saturated heterocycles. The molecule has 3 unspecified atom stereocenters. The maximum atomic E-state index is 12.8. The molecular formula is C18H32N6O11. The fourth-order valence-electron chi connectivity index (χ4n) is 3.70. The largest absolute Gasteiger partial charge is 0.394 e. The Kier molecular flexibility index (Phi) is 10.2. The molecular weight excluding hydrogens is 476 g/mol. The standard InChI is InChI=1S/C18H32N6O11/c19-7(4-27)15(33)23-10(16(34)22-6(2-25)3-26)11(29)8-1-21-18(20)24(8)17-14(32)13(31)12(30)9(5-28)35-17/h2,6-14,17,26-32H,1,3-5,19H2,(H2,20,21)(H,22,34)(H,23,33)/t6-,7+,8?,9-,10-,11?,12-,13+,14+,17?/m1/s1.